The van der Waals surface area contributed by atoms with Gasteiger partial charge >= 0.3 is 0 Å². The van der Waals surface area contributed by atoms with Gasteiger partial charge in [0.05, 0.1) is 13.2 Å². The van der Waals surface area contributed by atoms with Crippen LogP contribution in [-0.4, -0.2) is 39.3 Å². The molecule has 0 spiro atoms. The van der Waals surface area contributed by atoms with Gasteiger partial charge in [0, 0.05) is 13.2 Å². The highest BCUT2D eigenvalue weighted by atomic mass is 16.5. The second-order valence-corrected chi connectivity index (χ2v) is 2.49. The van der Waals surface area contributed by atoms with Gasteiger partial charge in [0.25, 0.3) is 0 Å². The summed E-state index contributed by atoms with van der Waals surface area (Å²) in [5.41, 5.74) is 0. The quantitative estimate of drug-likeness (QED) is 0.523. The molecule has 12 heavy (non-hydrogen) atoms. The van der Waals surface area contributed by atoms with Gasteiger partial charge in [0.2, 0.25) is 5.91 Å². The van der Waals surface area contributed by atoms with Crippen LogP contribution in [0.5, 0.6) is 0 Å². The Hall–Kier alpha value is -0.610. The first-order chi connectivity index (χ1) is 5.81. The molecule has 0 rings (SSSR count). The molecule has 0 aromatic rings. The Labute approximate surface area is 73.7 Å². The number of ether oxygens (including phenoxy) is 1. The molecule has 0 saturated carbocycles. The van der Waals surface area contributed by atoms with Crippen LogP contribution in [0.1, 0.15) is 13.3 Å². The average Bonchev–Trinajstić information content (AvgIpc) is 2.05. The molecule has 0 fully saturated rings. The molecule has 4 nitrogen and oxygen atoms in total. The fourth-order valence-electron chi connectivity index (χ4n) is 0.732. The van der Waals surface area contributed by atoms with Gasteiger partial charge in [-0.2, -0.15) is 0 Å². The summed E-state index contributed by atoms with van der Waals surface area (Å²) in [5.74, 6) is 0.0117. The fourth-order valence-corrected chi connectivity index (χ4v) is 0.732. The molecule has 0 saturated heterocycles. The zero-order valence-corrected chi connectivity index (χ0v) is 7.85. The smallest absolute Gasteiger partial charge is 0.234 e. The van der Waals surface area contributed by atoms with Crippen LogP contribution in [0.15, 0.2) is 0 Å². The van der Waals surface area contributed by atoms with Crippen LogP contribution in [0.25, 0.3) is 0 Å². The first kappa shape index (κ1) is 11.4. The molecule has 4 heteroatoms. The molecule has 0 unspecified atom stereocenters. The third kappa shape index (κ3) is 7.50. The van der Waals surface area contributed by atoms with E-state index in [1.807, 2.05) is 0 Å². The average molecular weight is 174 g/mol. The van der Waals surface area contributed by atoms with E-state index in [-0.39, 0.29) is 5.91 Å². The Kier molecular flexibility index (Phi) is 8.05. The van der Waals surface area contributed by atoms with Crippen LogP contribution in [0, 0.1) is 0 Å². The number of nitrogens with one attached hydrogen (secondary N) is 2. The Morgan fingerprint density at radius 2 is 2.17 bits per heavy atom. The van der Waals surface area contributed by atoms with Gasteiger partial charge in [-0.25, -0.2) is 0 Å². The molecule has 0 aliphatic carbocycles. The van der Waals surface area contributed by atoms with Gasteiger partial charge in [0.1, 0.15) is 0 Å². The largest absolute Gasteiger partial charge is 0.380 e. The van der Waals surface area contributed by atoms with Crippen molar-refractivity contribution in [2.75, 3.05) is 33.4 Å². The first-order valence-electron chi connectivity index (χ1n) is 4.30. The van der Waals surface area contributed by atoms with Crippen molar-refractivity contribution in [3.8, 4) is 0 Å². The van der Waals surface area contributed by atoms with Crippen LogP contribution < -0.4 is 10.6 Å². The summed E-state index contributed by atoms with van der Waals surface area (Å²) in [6.07, 6.45) is 1.02. The normalized spacial score (nSPS) is 9.83. The molecule has 72 valence electrons. The molecule has 1 amide bonds. The minimum absolute atomic E-state index is 0.0117. The summed E-state index contributed by atoms with van der Waals surface area (Å²) < 4.78 is 5.18. The Balaban J connectivity index is 3.03. The van der Waals surface area contributed by atoms with E-state index in [2.05, 4.69) is 17.6 Å². The summed E-state index contributed by atoms with van der Waals surface area (Å²) in [4.78, 5) is 10.8. The van der Waals surface area contributed by atoms with E-state index in [9.17, 15) is 4.79 Å². The van der Waals surface area contributed by atoms with Crippen molar-refractivity contribution in [2.24, 2.45) is 0 Å². The lowest BCUT2D eigenvalue weighted by molar-refractivity contribution is -0.120. The number of carbonyl (C=O) groups is 1. The monoisotopic (exact) mass is 174 g/mol. The Bertz CT molecular complexity index is 118. The zero-order chi connectivity index (χ0) is 9.23. The lowest BCUT2D eigenvalue weighted by atomic mass is 10.5. The summed E-state index contributed by atoms with van der Waals surface area (Å²) in [6.45, 7) is 4.39. The van der Waals surface area contributed by atoms with Crippen LogP contribution in [-0.2, 0) is 9.53 Å². The van der Waals surface area contributed by atoms with Crippen molar-refractivity contribution >= 4 is 5.91 Å². The maximum Gasteiger partial charge on any atom is 0.234 e. The van der Waals surface area contributed by atoms with E-state index >= 15 is 0 Å². The van der Waals surface area contributed by atoms with E-state index in [0.717, 1.165) is 13.0 Å². The van der Waals surface area contributed by atoms with Gasteiger partial charge in [-0.15, -0.1) is 0 Å². The van der Waals surface area contributed by atoms with E-state index in [1.165, 1.54) is 0 Å². The van der Waals surface area contributed by atoms with E-state index < -0.39 is 0 Å². The van der Waals surface area contributed by atoms with Crippen molar-refractivity contribution in [1.82, 2.24) is 10.6 Å². The molecule has 0 aromatic carbocycles. The van der Waals surface area contributed by atoms with Crippen molar-refractivity contribution in [3.05, 3.63) is 0 Å². The number of hydrogen-bond acceptors (Lipinski definition) is 3. The van der Waals surface area contributed by atoms with E-state index in [0.29, 0.717) is 19.7 Å². The fraction of sp³-hybridized carbons (Fsp3) is 0.875. The summed E-state index contributed by atoms with van der Waals surface area (Å²) in [5, 5.41) is 5.48. The number of rotatable bonds is 7. The second-order valence-electron chi connectivity index (χ2n) is 2.49. The molecule has 0 heterocycles. The summed E-state index contributed by atoms with van der Waals surface area (Å²) >= 11 is 0. The number of carbonyl (C=O) groups excluding carboxylic acids is 1. The molecule has 0 aliphatic heterocycles. The Morgan fingerprint density at radius 1 is 1.42 bits per heavy atom. The topological polar surface area (TPSA) is 50.4 Å². The lowest BCUT2D eigenvalue weighted by Crippen LogP contribution is -2.34. The lowest BCUT2D eigenvalue weighted by Gasteiger charge is -2.04. The SMILES string of the molecule is CCCOCCNC(=O)CNC. The molecule has 0 radical (unpaired) electrons. The predicted molar refractivity (Wildman–Crippen MR) is 48.0 cm³/mol. The molecule has 0 atom stereocenters. The van der Waals surface area contributed by atoms with Gasteiger partial charge in [-0.3, -0.25) is 4.79 Å². The van der Waals surface area contributed by atoms with Crippen LogP contribution in [0.3, 0.4) is 0 Å². The van der Waals surface area contributed by atoms with Gasteiger partial charge in [-0.05, 0) is 13.5 Å². The molecular weight excluding hydrogens is 156 g/mol. The molecule has 0 aliphatic rings. The van der Waals surface area contributed by atoms with Gasteiger partial charge in [-0.1, -0.05) is 6.92 Å². The highest BCUT2D eigenvalue weighted by molar-refractivity contribution is 5.77. The third-order valence-corrected chi connectivity index (χ3v) is 1.25. The van der Waals surface area contributed by atoms with Crippen LogP contribution in [0.4, 0.5) is 0 Å². The summed E-state index contributed by atoms with van der Waals surface area (Å²) in [6, 6.07) is 0. The molecule has 0 bridgehead atoms. The maximum atomic E-state index is 10.8. The highest BCUT2D eigenvalue weighted by Gasteiger charge is 1.95. The highest BCUT2D eigenvalue weighted by Crippen LogP contribution is 1.77. The molecular formula is C8H18N2O2. The van der Waals surface area contributed by atoms with Crippen molar-refractivity contribution in [1.29, 1.82) is 0 Å². The minimum Gasteiger partial charge on any atom is -0.380 e. The van der Waals surface area contributed by atoms with Crippen molar-refractivity contribution in [3.63, 3.8) is 0 Å². The van der Waals surface area contributed by atoms with Gasteiger partial charge in [0.15, 0.2) is 0 Å². The van der Waals surface area contributed by atoms with Crippen molar-refractivity contribution in [2.45, 2.75) is 13.3 Å². The molecule has 0 aromatic heterocycles. The number of hydrogen-bond donors (Lipinski definition) is 2. The van der Waals surface area contributed by atoms with Gasteiger partial charge < -0.3 is 15.4 Å². The first-order valence-corrected chi connectivity index (χ1v) is 4.30. The van der Waals surface area contributed by atoms with E-state index in [1.54, 1.807) is 7.05 Å². The van der Waals surface area contributed by atoms with Crippen LogP contribution >= 0.6 is 0 Å². The third-order valence-electron chi connectivity index (χ3n) is 1.25. The second kappa shape index (κ2) is 8.49. The molecule has 2 N–H and O–H groups in total. The van der Waals surface area contributed by atoms with Crippen LogP contribution in [0.2, 0.25) is 0 Å². The summed E-state index contributed by atoms with van der Waals surface area (Å²) in [7, 11) is 1.74. The van der Waals surface area contributed by atoms with Crippen molar-refractivity contribution < 1.29 is 9.53 Å². The predicted octanol–water partition coefficient (Wildman–Crippen LogP) is -0.251. The number of amides is 1. The van der Waals surface area contributed by atoms with E-state index in [4.69, 9.17) is 4.74 Å². The number of likely N-dealkylation sites (N-methyl/N-ethyl adjacent to an activating group) is 1. The Morgan fingerprint density at radius 3 is 2.75 bits per heavy atom. The maximum absolute atomic E-state index is 10.8. The standard InChI is InChI=1S/C8H18N2O2/c1-3-5-12-6-4-10-8(11)7-9-2/h9H,3-7H2,1-2H3,(H,10,11). The minimum atomic E-state index is 0.0117. The zero-order valence-electron chi connectivity index (χ0n) is 7.85.